The molecule has 5 nitrogen and oxygen atoms in total. The summed E-state index contributed by atoms with van der Waals surface area (Å²) in [4.78, 5) is 25.4. The summed E-state index contributed by atoms with van der Waals surface area (Å²) < 4.78 is 5.99. The monoisotopic (exact) mass is 473 g/mol. The van der Waals surface area contributed by atoms with E-state index in [-0.39, 0.29) is 5.91 Å². The molecule has 29 heavy (non-hydrogen) atoms. The zero-order valence-electron chi connectivity index (χ0n) is 16.8. The van der Waals surface area contributed by atoms with E-state index in [9.17, 15) is 4.79 Å². The van der Waals surface area contributed by atoms with E-state index in [2.05, 4.69) is 51.2 Å². The van der Waals surface area contributed by atoms with Gasteiger partial charge in [0.1, 0.15) is 9.71 Å². The molecule has 0 fully saturated rings. The first-order valence-electron chi connectivity index (χ1n) is 9.18. The molecule has 3 rings (SSSR count). The lowest BCUT2D eigenvalue weighted by Crippen LogP contribution is -2.28. The van der Waals surface area contributed by atoms with Crippen molar-refractivity contribution >= 4 is 49.7 Å². The Kier molecular flexibility index (Phi) is 9.26. The van der Waals surface area contributed by atoms with Gasteiger partial charge in [-0.1, -0.05) is 25.2 Å². The van der Waals surface area contributed by atoms with Gasteiger partial charge >= 0.3 is 0 Å². The highest BCUT2D eigenvalue weighted by Gasteiger charge is 2.27. The van der Waals surface area contributed by atoms with Crippen LogP contribution in [-0.4, -0.2) is 35.8 Å². The second-order valence-corrected chi connectivity index (χ2v) is 7.89. The number of amides is 1. The molecule has 0 spiro atoms. The maximum atomic E-state index is 13.2. The molecule has 0 aliphatic carbocycles. The maximum Gasteiger partial charge on any atom is 0.273 e. The first-order chi connectivity index (χ1) is 14.1. The minimum absolute atomic E-state index is 0.0454. The standard InChI is InChI=1S/C19H20BrN3O2S.C3H4/c1-3-6-13(7-4-5-10-25-2)23-12-21-11-14-16-15(20)8-9-22-18(16)26-17(14)19(23)24;1-3-2/h4-6,8-9,12H,3,7,10-11H2,1-2H3;1H,2H3/b5-4-,13-6+;. The summed E-state index contributed by atoms with van der Waals surface area (Å²) in [5.74, 6) is 2.20. The van der Waals surface area contributed by atoms with E-state index < -0.39 is 0 Å². The van der Waals surface area contributed by atoms with Crippen LogP contribution in [0.3, 0.4) is 0 Å². The quantitative estimate of drug-likeness (QED) is 0.406. The largest absolute Gasteiger partial charge is 0.381 e. The summed E-state index contributed by atoms with van der Waals surface area (Å²) in [6, 6.07) is 1.90. The summed E-state index contributed by atoms with van der Waals surface area (Å²) >= 11 is 5.00. The van der Waals surface area contributed by atoms with E-state index in [0.29, 0.717) is 24.4 Å². The van der Waals surface area contributed by atoms with E-state index in [4.69, 9.17) is 4.74 Å². The lowest BCUT2D eigenvalue weighted by molar-refractivity contribution is 0.0885. The van der Waals surface area contributed by atoms with E-state index in [1.54, 1.807) is 31.5 Å². The fraction of sp³-hybridized carbons (Fsp3) is 0.318. The SMILES string of the molecule is C#CC.CC/C=C(\C/C=C\COC)N1C=NCc2c(sc3nccc(Br)c23)C1=O. The number of fused-ring (bicyclic) bond motifs is 3. The second kappa shape index (κ2) is 11.7. The molecule has 0 N–H and O–H groups in total. The van der Waals surface area contributed by atoms with Gasteiger partial charge in [-0.3, -0.25) is 14.7 Å². The topological polar surface area (TPSA) is 54.8 Å². The fourth-order valence-electron chi connectivity index (χ4n) is 2.83. The van der Waals surface area contributed by atoms with Crippen molar-refractivity contribution in [2.75, 3.05) is 13.7 Å². The predicted molar refractivity (Wildman–Crippen MR) is 124 cm³/mol. The Bertz CT molecular complexity index is 986. The number of ether oxygens (including phenoxy) is 1. The number of halogens is 1. The molecular weight excluding hydrogens is 450 g/mol. The highest BCUT2D eigenvalue weighted by atomic mass is 79.9. The number of thiophene rings is 1. The molecule has 7 heteroatoms. The fourth-order valence-corrected chi connectivity index (χ4v) is 4.62. The van der Waals surface area contributed by atoms with E-state index >= 15 is 0 Å². The van der Waals surface area contributed by atoms with Crippen molar-refractivity contribution in [2.45, 2.75) is 33.2 Å². The average molecular weight is 474 g/mol. The molecule has 152 valence electrons. The lowest BCUT2D eigenvalue weighted by atomic mass is 10.1. The molecule has 0 unspecified atom stereocenters. The number of hydrogen-bond acceptors (Lipinski definition) is 5. The first kappa shape index (κ1) is 23.0. The van der Waals surface area contributed by atoms with Crippen LogP contribution in [0.5, 0.6) is 0 Å². The Morgan fingerprint density at radius 1 is 1.48 bits per heavy atom. The minimum atomic E-state index is -0.0454. The van der Waals surface area contributed by atoms with Gasteiger partial charge in [-0.2, -0.15) is 0 Å². The van der Waals surface area contributed by atoms with Gasteiger partial charge in [0.15, 0.2) is 0 Å². The molecular formula is C22H24BrN3O2S. The minimum Gasteiger partial charge on any atom is -0.381 e. The van der Waals surface area contributed by atoms with Gasteiger partial charge in [0.25, 0.3) is 5.91 Å². The number of hydrogen-bond donors (Lipinski definition) is 0. The van der Waals surface area contributed by atoms with Gasteiger partial charge in [-0.15, -0.1) is 23.7 Å². The maximum absolute atomic E-state index is 13.2. The van der Waals surface area contributed by atoms with Crippen LogP contribution in [0.4, 0.5) is 0 Å². The Labute approximate surface area is 184 Å². The first-order valence-corrected chi connectivity index (χ1v) is 10.8. The smallest absolute Gasteiger partial charge is 0.273 e. The third-order valence-corrected chi connectivity index (χ3v) is 5.79. The number of terminal acetylenes is 1. The zero-order valence-corrected chi connectivity index (χ0v) is 19.2. The number of aromatic nitrogens is 1. The van der Waals surface area contributed by atoms with Gasteiger partial charge in [0.05, 0.1) is 19.5 Å². The molecule has 0 saturated carbocycles. The van der Waals surface area contributed by atoms with Crippen LogP contribution < -0.4 is 0 Å². The molecule has 2 aromatic rings. The number of pyridine rings is 1. The molecule has 1 amide bonds. The Balaban J connectivity index is 0.000000941. The number of carbonyl (C=O) groups excluding carboxylic acids is 1. The molecule has 3 heterocycles. The summed E-state index contributed by atoms with van der Waals surface area (Å²) in [6.07, 6.45) is 15.5. The summed E-state index contributed by atoms with van der Waals surface area (Å²) in [5, 5.41) is 0.987. The van der Waals surface area contributed by atoms with E-state index in [1.165, 1.54) is 11.3 Å². The Hall–Kier alpha value is -2.27. The van der Waals surface area contributed by atoms with Crippen LogP contribution in [0, 0.1) is 12.3 Å². The number of methoxy groups -OCH3 is 1. The Morgan fingerprint density at radius 2 is 2.24 bits per heavy atom. The van der Waals surface area contributed by atoms with Crippen molar-refractivity contribution in [3.63, 3.8) is 0 Å². The summed E-state index contributed by atoms with van der Waals surface area (Å²) in [5.41, 5.74) is 1.87. The van der Waals surface area contributed by atoms with E-state index in [0.717, 1.165) is 32.4 Å². The third kappa shape index (κ3) is 5.63. The third-order valence-electron chi connectivity index (χ3n) is 4.01. The van der Waals surface area contributed by atoms with Crippen LogP contribution in [0.25, 0.3) is 10.2 Å². The van der Waals surface area contributed by atoms with Crippen molar-refractivity contribution in [1.82, 2.24) is 9.88 Å². The van der Waals surface area contributed by atoms with Crippen LogP contribution in [0.2, 0.25) is 0 Å². The van der Waals surface area contributed by atoms with Gasteiger partial charge in [0, 0.05) is 40.8 Å². The second-order valence-electron chi connectivity index (χ2n) is 6.04. The van der Waals surface area contributed by atoms with Gasteiger partial charge in [-0.05, 0) is 35.3 Å². The van der Waals surface area contributed by atoms with Crippen molar-refractivity contribution < 1.29 is 9.53 Å². The average Bonchev–Trinajstić information content (AvgIpc) is 3.00. The van der Waals surface area contributed by atoms with Crippen LogP contribution in [0.15, 0.2) is 45.7 Å². The van der Waals surface area contributed by atoms with Gasteiger partial charge in [-0.25, -0.2) is 4.98 Å². The van der Waals surface area contributed by atoms with Crippen molar-refractivity contribution in [2.24, 2.45) is 4.99 Å². The normalized spacial score (nSPS) is 13.8. The summed E-state index contributed by atoms with van der Waals surface area (Å²) in [7, 11) is 1.66. The molecule has 0 aromatic carbocycles. The van der Waals surface area contributed by atoms with E-state index in [1.807, 2.05) is 18.2 Å². The molecule has 2 aromatic heterocycles. The lowest BCUT2D eigenvalue weighted by Gasteiger charge is -2.19. The summed E-state index contributed by atoms with van der Waals surface area (Å²) in [6.45, 7) is 4.74. The number of allylic oxidation sites excluding steroid dienone is 2. The van der Waals surface area contributed by atoms with Crippen LogP contribution in [-0.2, 0) is 11.3 Å². The number of rotatable bonds is 6. The van der Waals surface area contributed by atoms with Gasteiger partial charge < -0.3 is 4.74 Å². The predicted octanol–water partition coefficient (Wildman–Crippen LogP) is 5.57. The van der Waals surface area contributed by atoms with Crippen molar-refractivity contribution in [3.05, 3.63) is 51.1 Å². The molecule has 0 atom stereocenters. The highest BCUT2D eigenvalue weighted by molar-refractivity contribution is 9.10. The molecule has 0 bridgehead atoms. The zero-order chi connectivity index (χ0) is 21.2. The molecule has 0 saturated heterocycles. The molecule has 1 aliphatic rings. The molecule has 1 aliphatic heterocycles. The molecule has 0 radical (unpaired) electrons. The van der Waals surface area contributed by atoms with Crippen molar-refractivity contribution in [3.8, 4) is 12.3 Å². The van der Waals surface area contributed by atoms with Crippen LogP contribution in [0.1, 0.15) is 41.9 Å². The van der Waals surface area contributed by atoms with Crippen LogP contribution >= 0.6 is 27.3 Å². The number of nitrogens with zero attached hydrogens (tertiary/aromatic N) is 3. The Morgan fingerprint density at radius 3 is 2.93 bits per heavy atom. The highest BCUT2D eigenvalue weighted by Crippen LogP contribution is 2.37. The number of aliphatic imine (C=N–C) groups is 1. The van der Waals surface area contributed by atoms with Crippen molar-refractivity contribution in [1.29, 1.82) is 0 Å². The van der Waals surface area contributed by atoms with Gasteiger partial charge in [0.2, 0.25) is 0 Å². The number of carbonyl (C=O) groups is 1.